The van der Waals surface area contributed by atoms with Gasteiger partial charge in [0.05, 0.1) is 51.9 Å². The van der Waals surface area contributed by atoms with Gasteiger partial charge in [-0.15, -0.1) is 0 Å². The maximum Gasteiger partial charge on any atom is 0.407 e. The van der Waals surface area contributed by atoms with Crippen molar-refractivity contribution in [3.63, 3.8) is 0 Å². The molecule has 3 heterocycles. The molecule has 13 nitrogen and oxygen atoms in total. The molecule has 10 rings (SSSR count). The number of alkyl halides is 2. The highest BCUT2D eigenvalue weighted by molar-refractivity contribution is 5.92. The molecule has 1 saturated heterocycles. The van der Waals surface area contributed by atoms with Gasteiger partial charge in [-0.1, -0.05) is 57.7 Å². The van der Waals surface area contributed by atoms with Gasteiger partial charge in [-0.3, -0.25) is 9.59 Å². The van der Waals surface area contributed by atoms with Crippen LogP contribution in [-0.4, -0.2) is 81.5 Å². The number of Topliss-reactive ketones (excluding diaryl/α,β-unsaturated/α-hetero) is 1. The molecule has 340 valence electrons. The predicted octanol–water partition coefficient (Wildman–Crippen LogP) is 9.25. The molecule has 4 N–H and O–H groups in total. The van der Waals surface area contributed by atoms with Crippen LogP contribution in [0.2, 0.25) is 0 Å². The number of nitrogens with zero attached hydrogens (tertiary/aromatic N) is 3. The molecular weight excluding hydrogens is 833 g/mol. The smallest absolute Gasteiger partial charge is 0.407 e. The monoisotopic (exact) mass is 904 g/mol. The topological polar surface area (TPSA) is 171 Å². The quantitative estimate of drug-likeness (QED) is 0.102. The number of nitrogens with one attached hydrogen (secondary N) is 4. The Morgan fingerprint density at radius 2 is 1.46 bits per heavy atom. The van der Waals surface area contributed by atoms with Gasteiger partial charge in [0.2, 0.25) is 5.91 Å². The van der Waals surface area contributed by atoms with E-state index < -0.39 is 110 Å². The number of ketones is 1. The Bertz CT molecular complexity index is 3390. The number of ether oxygens (including phenoxy) is 2. The summed E-state index contributed by atoms with van der Waals surface area (Å²) in [5.74, 6) is -16.5. The first kappa shape index (κ1) is 28.0. The van der Waals surface area contributed by atoms with Crippen LogP contribution in [0.15, 0.2) is 60.8 Å². The van der Waals surface area contributed by atoms with Crippen molar-refractivity contribution < 1.29 is 59.4 Å². The van der Waals surface area contributed by atoms with Crippen LogP contribution in [0.4, 0.5) is 18.4 Å². The molecule has 2 bridgehead atoms. The van der Waals surface area contributed by atoms with Crippen LogP contribution in [0, 0.1) is 35.0 Å². The normalized spacial score (nSPS) is 29.7. The highest BCUT2D eigenvalue weighted by atomic mass is 19.3. The van der Waals surface area contributed by atoms with Crippen molar-refractivity contribution in [2.24, 2.45) is 35.0 Å². The zero-order valence-electron chi connectivity index (χ0n) is 51.2. The third kappa shape index (κ3) is 7.25. The largest absolute Gasteiger partial charge is 0.453 e. The fourth-order valence-electron chi connectivity index (χ4n) is 10.8. The summed E-state index contributed by atoms with van der Waals surface area (Å²) in [4.78, 5) is 71.3. The molecule has 1 unspecified atom stereocenters. The number of amides is 3. The Hall–Kier alpha value is -6.12. The van der Waals surface area contributed by atoms with E-state index in [9.17, 15) is 20.5 Å². The number of likely N-dealkylation sites (tertiary alicyclic amines) is 1. The van der Waals surface area contributed by atoms with Gasteiger partial charge in [0.15, 0.2) is 5.78 Å². The van der Waals surface area contributed by atoms with Crippen LogP contribution in [0.1, 0.15) is 123 Å². The average molecular weight is 904 g/mol. The summed E-state index contributed by atoms with van der Waals surface area (Å²) < 4.78 is 176. The molecule has 4 fully saturated rings. The van der Waals surface area contributed by atoms with Crippen molar-refractivity contribution >= 4 is 34.9 Å². The Kier molecular flexibility index (Phi) is 6.81. The summed E-state index contributed by atoms with van der Waals surface area (Å²) >= 11 is 0. The summed E-state index contributed by atoms with van der Waals surface area (Å²) in [6, 6.07) is 5.72. The van der Waals surface area contributed by atoms with Crippen molar-refractivity contribution in [3.8, 4) is 33.5 Å². The molecule has 1 spiro atoms. The van der Waals surface area contributed by atoms with Crippen LogP contribution >= 0.6 is 0 Å². The molecule has 5 aliphatic rings. The van der Waals surface area contributed by atoms with E-state index in [4.69, 9.17) is 25.5 Å². The molecule has 7 atom stereocenters. The van der Waals surface area contributed by atoms with E-state index >= 15 is 8.78 Å². The van der Waals surface area contributed by atoms with E-state index in [1.807, 2.05) is 5.32 Å². The minimum absolute atomic E-state index is 0.0891. The number of hydrogen-bond acceptors (Lipinski definition) is 8. The number of H-pyrrole nitrogens is 2. The standard InChI is InChI=1S/C50H55F2N7O6/c1-24(2)41(57-47(62)64-5)43(60)39-29-7-8-30(17-29)40(39)45-54-35-14-11-27(20-36(35)55-45)26-9-12-31-32-13-10-28(19-34(32)50(51,52)33(31)18-26)37-22-53-44(56-37)38-21-49(15-16-49)23-59(38)46(61)42(25(3)4)58-48(63)65-6/h9-14,18-20,22,24-25,29-30,38-42H,7-8,15-17,21,23H2,1-6H3,(H,53,56)(H,54,55)(H,57,62)(H,58,63)/t29-,30+,38+,39?,40-,41-,42-/m1/s1/i1D3,2D3,3D3,4D3,24D,25D,41D,42D. The maximum atomic E-state index is 16.9. The molecule has 2 aromatic heterocycles. The van der Waals surface area contributed by atoms with Crippen LogP contribution in [-0.2, 0) is 25.0 Å². The summed E-state index contributed by atoms with van der Waals surface area (Å²) in [6.07, 6.45) is 1.26. The first-order valence-electron chi connectivity index (χ1n) is 29.2. The molecular formula is C50H55F2N7O6. The fourth-order valence-corrected chi connectivity index (χ4v) is 10.8. The molecule has 4 aliphatic carbocycles. The number of aromatic amines is 2. The fraction of sp³-hybridized carbons (Fsp3) is 0.480. The second kappa shape index (κ2) is 15.8. The number of rotatable bonds is 11. The number of benzene rings is 3. The minimum Gasteiger partial charge on any atom is -0.453 e. The number of halogens is 2. The summed E-state index contributed by atoms with van der Waals surface area (Å²) in [6.45, 7) is -15.3. The summed E-state index contributed by atoms with van der Waals surface area (Å²) in [5.41, 5.74) is 1.51. The number of imidazole rings is 2. The number of methoxy groups -OCH3 is 2. The maximum absolute atomic E-state index is 16.9. The van der Waals surface area contributed by atoms with Crippen LogP contribution in [0.3, 0.4) is 0 Å². The van der Waals surface area contributed by atoms with Crippen molar-refractivity contribution in [2.45, 2.75) is 95.9 Å². The van der Waals surface area contributed by atoms with Gasteiger partial charge < -0.3 is 35.0 Å². The molecule has 15 heteroatoms. The Labute approximate surface area is 398 Å². The van der Waals surface area contributed by atoms with Crippen LogP contribution in [0.25, 0.3) is 44.5 Å². The number of carbonyl (C=O) groups is 4. The van der Waals surface area contributed by atoms with Gasteiger partial charge in [0.25, 0.3) is 5.92 Å². The molecule has 3 saturated carbocycles. The molecule has 1 aliphatic heterocycles. The molecule has 65 heavy (non-hydrogen) atoms. The summed E-state index contributed by atoms with van der Waals surface area (Å²) in [5, 5.41) is 3.60. The van der Waals surface area contributed by atoms with Gasteiger partial charge in [0, 0.05) is 54.3 Å². The van der Waals surface area contributed by atoms with Gasteiger partial charge in [0.1, 0.15) is 17.7 Å². The van der Waals surface area contributed by atoms with Crippen LogP contribution < -0.4 is 10.6 Å². The average Bonchev–Trinajstić information content (AvgIpc) is 2.04. The van der Waals surface area contributed by atoms with Crippen molar-refractivity contribution in [2.75, 3.05) is 20.8 Å². The lowest BCUT2D eigenvalue weighted by atomic mass is 9.73. The van der Waals surface area contributed by atoms with Crippen molar-refractivity contribution in [1.29, 1.82) is 0 Å². The Morgan fingerprint density at radius 1 is 0.831 bits per heavy atom. The Morgan fingerprint density at radius 3 is 2.15 bits per heavy atom. The number of carbonyl (C=O) groups excluding carboxylic acids is 4. The third-order valence-electron chi connectivity index (χ3n) is 14.1. The molecule has 5 aromatic rings. The third-order valence-corrected chi connectivity index (χ3v) is 14.1. The number of alkyl carbamates (subject to hydrolysis) is 2. The number of hydrogen-bond donors (Lipinski definition) is 4. The predicted molar refractivity (Wildman–Crippen MR) is 239 cm³/mol. The van der Waals surface area contributed by atoms with E-state index in [-0.39, 0.29) is 64.0 Å². The SMILES string of the molecule is [2H]C([2H])([2H])C([2H])(C([2H])([2H])[2H])[C@@]([2H])(NC(=O)OC)C(=O)C1[C@@H]2CC[C@@H](C2)[C@H]1c1nc2ccc(-c3ccc4c(c3)C(F)(F)c3cc(-c5cnc([C@@H]6CC7(CC7)CN6C(=O)[C@]([2H])(NC(=O)OC)C([2H])(C([2H])([2H])[2H])C([2H])([2H])[2H])[nH]5)ccc3-4)cc2[nH]1. The van der Waals surface area contributed by atoms with Gasteiger partial charge in [-0.05, 0) is 114 Å². The van der Waals surface area contributed by atoms with Crippen molar-refractivity contribution in [3.05, 3.63) is 83.6 Å². The molecule has 0 radical (unpaired) electrons. The van der Waals surface area contributed by atoms with E-state index in [0.717, 1.165) is 19.1 Å². The highest BCUT2D eigenvalue weighted by Crippen LogP contribution is 2.59. The summed E-state index contributed by atoms with van der Waals surface area (Å²) in [7, 11) is 1.73. The zero-order valence-corrected chi connectivity index (χ0v) is 35.2. The Balaban J connectivity index is 0.928. The van der Waals surface area contributed by atoms with Crippen LogP contribution in [0.5, 0.6) is 0 Å². The molecule has 3 aromatic carbocycles. The first-order valence-corrected chi connectivity index (χ1v) is 21.2. The first-order chi connectivity index (χ1) is 37.4. The van der Waals surface area contributed by atoms with Gasteiger partial charge >= 0.3 is 12.2 Å². The number of fused-ring (bicyclic) bond motifs is 6. The van der Waals surface area contributed by atoms with Gasteiger partial charge in [-0.2, -0.15) is 8.78 Å². The van der Waals surface area contributed by atoms with E-state index in [1.165, 1.54) is 24.4 Å². The van der Waals surface area contributed by atoms with E-state index in [0.29, 0.717) is 54.3 Å². The number of aromatic nitrogens is 4. The van der Waals surface area contributed by atoms with E-state index in [1.54, 1.807) is 41.7 Å². The minimum atomic E-state index is -3.90. The van der Waals surface area contributed by atoms with E-state index in [2.05, 4.69) is 24.4 Å². The second-order valence-electron chi connectivity index (χ2n) is 17.8. The van der Waals surface area contributed by atoms with Crippen molar-refractivity contribution in [1.82, 2.24) is 35.5 Å². The lowest BCUT2D eigenvalue weighted by Crippen LogP contribution is -2.51. The lowest BCUT2D eigenvalue weighted by molar-refractivity contribution is -0.135. The zero-order chi connectivity index (χ0) is 59.4. The molecule has 3 amide bonds. The second-order valence-corrected chi connectivity index (χ2v) is 17.8. The highest BCUT2D eigenvalue weighted by Gasteiger charge is 2.56. The van der Waals surface area contributed by atoms with Gasteiger partial charge in [-0.25, -0.2) is 19.6 Å². The lowest BCUT2D eigenvalue weighted by Gasteiger charge is -2.32.